The maximum absolute atomic E-state index is 5.60. The number of rotatable bonds is 4. The van der Waals surface area contributed by atoms with Crippen molar-refractivity contribution < 1.29 is 9.47 Å². The molecule has 2 aromatic rings. The van der Waals surface area contributed by atoms with Crippen LogP contribution in [0.5, 0.6) is 11.5 Å². The van der Waals surface area contributed by atoms with Crippen molar-refractivity contribution in [3.05, 3.63) is 28.6 Å². The first-order valence-electron chi connectivity index (χ1n) is 6.42. The molecule has 0 saturated carbocycles. The molecule has 3 rings (SSSR count). The van der Waals surface area contributed by atoms with Crippen LogP contribution in [0.25, 0.3) is 11.3 Å². The molecule has 0 atom stereocenters. The van der Waals surface area contributed by atoms with Crippen LogP contribution in [-0.2, 0) is 6.54 Å². The fourth-order valence-electron chi connectivity index (χ4n) is 1.96. The first-order valence-corrected chi connectivity index (χ1v) is 7.30. The van der Waals surface area contributed by atoms with Gasteiger partial charge in [-0.05, 0) is 24.7 Å². The summed E-state index contributed by atoms with van der Waals surface area (Å²) in [6, 6.07) is 5.98. The third kappa shape index (κ3) is 3.23. The van der Waals surface area contributed by atoms with E-state index in [1.54, 1.807) is 11.3 Å². The molecule has 0 aliphatic carbocycles. The molecule has 6 heteroatoms. The number of benzene rings is 1. The third-order valence-electron chi connectivity index (χ3n) is 2.92. The van der Waals surface area contributed by atoms with Gasteiger partial charge < -0.3 is 14.8 Å². The van der Waals surface area contributed by atoms with Crippen LogP contribution in [0.1, 0.15) is 11.9 Å². The number of fused-ring (bicyclic) bond motifs is 1. The lowest BCUT2D eigenvalue weighted by molar-refractivity contribution is 0.171. The number of thiazole rings is 1. The predicted octanol–water partition coefficient (Wildman–Crippen LogP) is 3.11. The second-order valence-corrected chi connectivity index (χ2v) is 5.21. The van der Waals surface area contributed by atoms with Gasteiger partial charge in [0.05, 0.1) is 5.69 Å². The molecular weight excluding hydrogens is 296 g/mol. The molecule has 0 bridgehead atoms. The van der Waals surface area contributed by atoms with Gasteiger partial charge in [-0.25, -0.2) is 4.98 Å². The summed E-state index contributed by atoms with van der Waals surface area (Å²) in [4.78, 5) is 4.63. The Morgan fingerprint density at radius 3 is 2.85 bits per heavy atom. The van der Waals surface area contributed by atoms with Crippen LogP contribution in [0.3, 0.4) is 0 Å². The van der Waals surface area contributed by atoms with Gasteiger partial charge in [-0.1, -0.05) is 6.92 Å². The standard InChI is InChI=1S/C14H16N2O2S.ClH/c1-2-15-8-14-16-11(9-19-14)10-3-4-12-13(7-10)18-6-5-17-12;/h3-4,7,9,15H,2,5-6,8H2,1H3;1H. The molecule has 0 saturated heterocycles. The van der Waals surface area contributed by atoms with Crippen molar-refractivity contribution in [3.63, 3.8) is 0 Å². The molecule has 0 radical (unpaired) electrons. The van der Waals surface area contributed by atoms with Crippen LogP contribution in [-0.4, -0.2) is 24.7 Å². The molecule has 2 heterocycles. The van der Waals surface area contributed by atoms with Gasteiger partial charge >= 0.3 is 0 Å². The lowest BCUT2D eigenvalue weighted by atomic mass is 10.1. The molecule has 0 fully saturated rings. The van der Waals surface area contributed by atoms with E-state index in [9.17, 15) is 0 Å². The Kier molecular flexibility index (Phi) is 5.23. The quantitative estimate of drug-likeness (QED) is 0.942. The summed E-state index contributed by atoms with van der Waals surface area (Å²) >= 11 is 1.68. The zero-order chi connectivity index (χ0) is 13.1. The second kappa shape index (κ2) is 6.92. The van der Waals surface area contributed by atoms with Crippen molar-refractivity contribution in [1.29, 1.82) is 0 Å². The van der Waals surface area contributed by atoms with Gasteiger partial charge in [0.15, 0.2) is 11.5 Å². The maximum Gasteiger partial charge on any atom is 0.162 e. The summed E-state index contributed by atoms with van der Waals surface area (Å²) in [6.45, 7) is 5.11. The Balaban J connectivity index is 0.00000147. The molecule has 0 amide bonds. The fraction of sp³-hybridized carbons (Fsp3) is 0.357. The molecule has 1 aromatic carbocycles. The first-order chi connectivity index (χ1) is 9.36. The molecular formula is C14H17ClN2O2S. The molecule has 1 aliphatic rings. The van der Waals surface area contributed by atoms with Crippen LogP contribution in [0.4, 0.5) is 0 Å². The molecule has 1 aromatic heterocycles. The Bertz CT molecular complexity index is 574. The van der Waals surface area contributed by atoms with E-state index in [1.807, 2.05) is 18.2 Å². The fourth-order valence-corrected chi connectivity index (χ4v) is 2.73. The largest absolute Gasteiger partial charge is 0.486 e. The summed E-state index contributed by atoms with van der Waals surface area (Å²) in [5.74, 6) is 1.63. The minimum absolute atomic E-state index is 0. The van der Waals surface area contributed by atoms with Crippen LogP contribution in [0, 0.1) is 0 Å². The summed E-state index contributed by atoms with van der Waals surface area (Å²) in [6.07, 6.45) is 0. The highest BCUT2D eigenvalue weighted by Gasteiger charge is 2.13. The van der Waals surface area contributed by atoms with Gasteiger partial charge in [0.2, 0.25) is 0 Å². The average molecular weight is 313 g/mol. The highest BCUT2D eigenvalue weighted by molar-refractivity contribution is 7.09. The van der Waals surface area contributed by atoms with Crippen molar-refractivity contribution in [2.45, 2.75) is 13.5 Å². The SMILES string of the molecule is CCNCc1nc(-c2ccc3c(c2)OCCO3)cs1.Cl. The monoisotopic (exact) mass is 312 g/mol. The molecule has 1 N–H and O–H groups in total. The Labute approximate surface area is 128 Å². The van der Waals surface area contributed by atoms with Gasteiger partial charge in [0.1, 0.15) is 18.2 Å². The summed E-state index contributed by atoms with van der Waals surface area (Å²) in [5.41, 5.74) is 2.07. The number of hydrogen-bond donors (Lipinski definition) is 1. The Morgan fingerprint density at radius 1 is 1.25 bits per heavy atom. The van der Waals surface area contributed by atoms with Crippen molar-refractivity contribution >= 4 is 23.7 Å². The van der Waals surface area contributed by atoms with E-state index in [4.69, 9.17) is 9.47 Å². The summed E-state index contributed by atoms with van der Waals surface area (Å²) in [5, 5.41) is 6.47. The van der Waals surface area contributed by atoms with E-state index in [1.165, 1.54) is 0 Å². The number of halogens is 1. The van der Waals surface area contributed by atoms with E-state index in [0.717, 1.165) is 40.9 Å². The number of ether oxygens (including phenoxy) is 2. The number of aromatic nitrogens is 1. The molecule has 20 heavy (non-hydrogen) atoms. The number of nitrogens with zero attached hydrogens (tertiary/aromatic N) is 1. The molecule has 4 nitrogen and oxygen atoms in total. The Morgan fingerprint density at radius 2 is 2.05 bits per heavy atom. The van der Waals surface area contributed by atoms with Gasteiger partial charge in [-0.3, -0.25) is 0 Å². The van der Waals surface area contributed by atoms with Gasteiger partial charge in [0, 0.05) is 17.5 Å². The van der Waals surface area contributed by atoms with Crippen LogP contribution < -0.4 is 14.8 Å². The normalized spacial score (nSPS) is 12.8. The lowest BCUT2D eigenvalue weighted by Crippen LogP contribution is -2.15. The third-order valence-corrected chi connectivity index (χ3v) is 3.76. The molecule has 0 spiro atoms. The Hall–Kier alpha value is -1.30. The van der Waals surface area contributed by atoms with E-state index in [2.05, 4.69) is 22.6 Å². The minimum Gasteiger partial charge on any atom is -0.486 e. The molecule has 108 valence electrons. The average Bonchev–Trinajstić information content (AvgIpc) is 2.93. The predicted molar refractivity (Wildman–Crippen MR) is 83.2 cm³/mol. The van der Waals surface area contributed by atoms with E-state index in [-0.39, 0.29) is 12.4 Å². The van der Waals surface area contributed by atoms with Crippen molar-refractivity contribution in [1.82, 2.24) is 10.3 Å². The van der Waals surface area contributed by atoms with E-state index in [0.29, 0.717) is 13.2 Å². The maximum atomic E-state index is 5.60. The smallest absolute Gasteiger partial charge is 0.162 e. The molecule has 1 aliphatic heterocycles. The second-order valence-electron chi connectivity index (χ2n) is 4.27. The lowest BCUT2D eigenvalue weighted by Gasteiger charge is -2.18. The number of nitrogens with one attached hydrogen (secondary N) is 1. The van der Waals surface area contributed by atoms with Crippen LogP contribution >= 0.6 is 23.7 Å². The van der Waals surface area contributed by atoms with Crippen molar-refractivity contribution in [2.75, 3.05) is 19.8 Å². The van der Waals surface area contributed by atoms with Crippen molar-refractivity contribution in [3.8, 4) is 22.8 Å². The highest BCUT2D eigenvalue weighted by Crippen LogP contribution is 2.34. The van der Waals surface area contributed by atoms with E-state index >= 15 is 0 Å². The first kappa shape index (κ1) is 15.1. The zero-order valence-electron chi connectivity index (χ0n) is 11.2. The number of hydrogen-bond acceptors (Lipinski definition) is 5. The zero-order valence-corrected chi connectivity index (χ0v) is 12.9. The van der Waals surface area contributed by atoms with Crippen molar-refractivity contribution in [2.24, 2.45) is 0 Å². The highest BCUT2D eigenvalue weighted by atomic mass is 35.5. The van der Waals surface area contributed by atoms with Gasteiger partial charge in [0.25, 0.3) is 0 Å². The molecule has 0 unspecified atom stereocenters. The topological polar surface area (TPSA) is 43.4 Å². The summed E-state index contributed by atoms with van der Waals surface area (Å²) in [7, 11) is 0. The van der Waals surface area contributed by atoms with Gasteiger partial charge in [-0.2, -0.15) is 0 Å². The van der Waals surface area contributed by atoms with Gasteiger partial charge in [-0.15, -0.1) is 23.7 Å². The van der Waals surface area contributed by atoms with Crippen LogP contribution in [0.2, 0.25) is 0 Å². The summed E-state index contributed by atoms with van der Waals surface area (Å²) < 4.78 is 11.1. The minimum atomic E-state index is 0. The van der Waals surface area contributed by atoms with Crippen LogP contribution in [0.15, 0.2) is 23.6 Å². The van der Waals surface area contributed by atoms with E-state index < -0.39 is 0 Å².